The third-order valence-corrected chi connectivity index (χ3v) is 9.85. The molecule has 1 aromatic heterocycles. The zero-order valence-electron chi connectivity index (χ0n) is 20.4. The Labute approximate surface area is 220 Å². The Morgan fingerprint density at radius 3 is 2.39 bits per heavy atom. The molecule has 36 heavy (non-hydrogen) atoms. The maximum absolute atomic E-state index is 14.3. The van der Waals surface area contributed by atoms with Crippen LogP contribution in [0.1, 0.15) is 26.7 Å². The van der Waals surface area contributed by atoms with Crippen LogP contribution in [0.15, 0.2) is 47.4 Å². The summed E-state index contributed by atoms with van der Waals surface area (Å²) in [6.45, 7) is 7.45. The van der Waals surface area contributed by atoms with Crippen molar-refractivity contribution < 1.29 is 17.6 Å². The van der Waals surface area contributed by atoms with Crippen LogP contribution in [0.2, 0.25) is 5.02 Å². The Morgan fingerprint density at radius 1 is 1.11 bits per heavy atom. The second-order valence-corrected chi connectivity index (χ2v) is 12.1. The zero-order valence-corrected chi connectivity index (χ0v) is 22.8. The highest BCUT2D eigenvalue weighted by atomic mass is 35.5. The van der Waals surface area contributed by atoms with Crippen LogP contribution in [0.5, 0.6) is 0 Å². The van der Waals surface area contributed by atoms with Crippen molar-refractivity contribution in [3.8, 4) is 0 Å². The number of sulfonamides is 1. The van der Waals surface area contributed by atoms with E-state index >= 15 is 0 Å². The van der Waals surface area contributed by atoms with Crippen molar-refractivity contribution in [2.45, 2.75) is 31.6 Å². The molecule has 1 aliphatic rings. The molecule has 1 saturated heterocycles. The first-order valence-corrected chi connectivity index (χ1v) is 14.7. The average Bonchev–Trinajstić information content (AvgIpc) is 3.32. The predicted octanol–water partition coefficient (Wildman–Crippen LogP) is 4.86. The number of halogens is 2. The summed E-state index contributed by atoms with van der Waals surface area (Å²) in [5.74, 6) is -0.841. The van der Waals surface area contributed by atoms with Gasteiger partial charge in [-0.25, -0.2) is 17.8 Å². The number of benzene rings is 2. The lowest BCUT2D eigenvalue weighted by atomic mass is 9.96. The van der Waals surface area contributed by atoms with Gasteiger partial charge in [-0.1, -0.05) is 42.9 Å². The molecule has 0 N–H and O–H groups in total. The first-order chi connectivity index (χ1) is 17.2. The number of rotatable bonds is 9. The molecule has 0 bridgehead atoms. The quantitative estimate of drug-likeness (QED) is 0.379. The van der Waals surface area contributed by atoms with Crippen LogP contribution in [0, 0.1) is 11.7 Å². The highest BCUT2D eigenvalue weighted by molar-refractivity contribution is 7.89. The molecule has 0 saturated carbocycles. The van der Waals surface area contributed by atoms with Gasteiger partial charge < -0.3 is 4.90 Å². The molecule has 1 amide bonds. The first-order valence-electron chi connectivity index (χ1n) is 12.1. The van der Waals surface area contributed by atoms with Crippen molar-refractivity contribution in [1.82, 2.24) is 14.2 Å². The van der Waals surface area contributed by atoms with E-state index in [2.05, 4.69) is 23.7 Å². The van der Waals surface area contributed by atoms with Crippen LogP contribution in [0.3, 0.4) is 0 Å². The number of piperidine rings is 1. The van der Waals surface area contributed by atoms with E-state index in [1.807, 2.05) is 0 Å². The monoisotopic (exact) mass is 552 g/mol. The van der Waals surface area contributed by atoms with E-state index in [0.29, 0.717) is 40.8 Å². The summed E-state index contributed by atoms with van der Waals surface area (Å²) in [5, 5.41) is 0.946. The summed E-state index contributed by atoms with van der Waals surface area (Å²) in [6, 6.07) is 10.9. The van der Waals surface area contributed by atoms with E-state index in [4.69, 9.17) is 11.6 Å². The summed E-state index contributed by atoms with van der Waals surface area (Å²) in [4.78, 5) is 22.3. The van der Waals surface area contributed by atoms with Gasteiger partial charge in [-0.2, -0.15) is 4.31 Å². The summed E-state index contributed by atoms with van der Waals surface area (Å²) in [7, 11) is -3.66. The maximum atomic E-state index is 14.3. The Morgan fingerprint density at radius 2 is 1.78 bits per heavy atom. The fourth-order valence-electron chi connectivity index (χ4n) is 4.42. The fraction of sp³-hybridized carbons (Fsp3) is 0.440. The van der Waals surface area contributed by atoms with Gasteiger partial charge in [0.2, 0.25) is 15.9 Å². The highest BCUT2D eigenvalue weighted by Gasteiger charge is 2.35. The van der Waals surface area contributed by atoms with Crippen LogP contribution in [-0.2, 0) is 14.8 Å². The van der Waals surface area contributed by atoms with E-state index in [1.54, 1.807) is 29.2 Å². The molecule has 0 radical (unpaired) electrons. The summed E-state index contributed by atoms with van der Waals surface area (Å²) in [5.41, 5.74) is 0.266. The van der Waals surface area contributed by atoms with Crippen molar-refractivity contribution in [2.24, 2.45) is 5.92 Å². The number of carbonyl (C=O) groups is 1. The lowest BCUT2D eigenvalue weighted by molar-refractivity contribution is -0.123. The first kappa shape index (κ1) is 26.9. The van der Waals surface area contributed by atoms with Gasteiger partial charge in [0.25, 0.3) is 0 Å². The number of anilines is 1. The lowest BCUT2D eigenvalue weighted by Gasteiger charge is -2.33. The number of nitrogens with zero attached hydrogens (tertiary/aromatic N) is 4. The van der Waals surface area contributed by atoms with Gasteiger partial charge in [0.1, 0.15) is 11.3 Å². The number of hydrogen-bond donors (Lipinski definition) is 0. The molecule has 194 valence electrons. The van der Waals surface area contributed by atoms with Crippen LogP contribution >= 0.6 is 22.9 Å². The minimum atomic E-state index is -3.66. The molecule has 0 aliphatic carbocycles. The van der Waals surface area contributed by atoms with Crippen LogP contribution < -0.4 is 4.90 Å². The normalized spacial score (nSPS) is 15.6. The van der Waals surface area contributed by atoms with Crippen molar-refractivity contribution in [2.75, 3.05) is 44.2 Å². The molecule has 1 fully saturated rings. The molecule has 11 heteroatoms. The number of aromatic nitrogens is 1. The Kier molecular flexibility index (Phi) is 8.62. The Balaban J connectivity index is 1.52. The highest BCUT2D eigenvalue weighted by Crippen LogP contribution is 2.33. The summed E-state index contributed by atoms with van der Waals surface area (Å²) in [6.07, 6.45) is 0.819. The van der Waals surface area contributed by atoms with Gasteiger partial charge in [0.05, 0.1) is 9.60 Å². The van der Waals surface area contributed by atoms with Gasteiger partial charge in [-0.15, -0.1) is 0 Å². The molecule has 0 unspecified atom stereocenters. The van der Waals surface area contributed by atoms with Crippen molar-refractivity contribution in [3.63, 3.8) is 0 Å². The number of para-hydroxylation sites is 1. The summed E-state index contributed by atoms with van der Waals surface area (Å²) >= 11 is 7.20. The van der Waals surface area contributed by atoms with Crippen molar-refractivity contribution >= 4 is 54.2 Å². The van der Waals surface area contributed by atoms with Crippen LogP contribution in [0.25, 0.3) is 10.2 Å². The molecule has 0 spiro atoms. The van der Waals surface area contributed by atoms with Crippen molar-refractivity contribution in [1.29, 1.82) is 0 Å². The largest absolute Gasteiger partial charge is 0.302 e. The van der Waals surface area contributed by atoms with E-state index in [-0.39, 0.29) is 35.3 Å². The van der Waals surface area contributed by atoms with Gasteiger partial charge in [-0.05, 0) is 62.3 Å². The lowest BCUT2D eigenvalue weighted by Crippen LogP contribution is -2.46. The molecule has 2 aromatic carbocycles. The SMILES string of the molecule is CCN(CC)CCN(C(=O)C1CCN(S(=O)(=O)c2ccc(Cl)cc2)CC1)c1nc2c(F)cccc2s1. The maximum Gasteiger partial charge on any atom is 0.243 e. The van der Waals surface area contributed by atoms with Gasteiger partial charge in [0, 0.05) is 37.1 Å². The van der Waals surface area contributed by atoms with Gasteiger partial charge in [0.15, 0.2) is 5.13 Å². The molecule has 0 atom stereocenters. The second kappa shape index (κ2) is 11.5. The minimum Gasteiger partial charge on any atom is -0.302 e. The Hall–Kier alpha value is -2.11. The van der Waals surface area contributed by atoms with E-state index in [0.717, 1.165) is 13.1 Å². The van der Waals surface area contributed by atoms with Gasteiger partial charge in [-0.3, -0.25) is 9.69 Å². The summed E-state index contributed by atoms with van der Waals surface area (Å²) < 4.78 is 42.5. The third kappa shape index (κ3) is 5.73. The van der Waals surface area contributed by atoms with Gasteiger partial charge >= 0.3 is 0 Å². The van der Waals surface area contributed by atoms with E-state index in [1.165, 1.54) is 33.8 Å². The number of thiazole rings is 1. The standard InChI is InChI=1S/C25H30ClFN4O3S2/c1-3-29(4-2)16-17-31(25-28-23-21(27)6-5-7-22(23)35-25)24(32)18-12-14-30(15-13-18)36(33,34)20-10-8-19(26)9-11-20/h5-11,18H,3-4,12-17H2,1-2H3. The molecule has 1 aliphatic heterocycles. The average molecular weight is 553 g/mol. The molecule has 4 rings (SSSR count). The van der Waals surface area contributed by atoms with Crippen LogP contribution in [-0.4, -0.2) is 67.8 Å². The molecule has 2 heterocycles. The second-order valence-electron chi connectivity index (χ2n) is 8.73. The number of fused-ring (bicyclic) bond motifs is 1. The molecular formula is C25H30ClFN4O3S2. The smallest absolute Gasteiger partial charge is 0.243 e. The molecular weight excluding hydrogens is 523 g/mol. The Bertz CT molecular complexity index is 1300. The van der Waals surface area contributed by atoms with E-state index < -0.39 is 15.8 Å². The molecule has 3 aromatic rings. The van der Waals surface area contributed by atoms with Crippen molar-refractivity contribution in [3.05, 3.63) is 53.3 Å². The third-order valence-electron chi connectivity index (χ3n) is 6.64. The molecule has 7 nitrogen and oxygen atoms in total. The van der Waals surface area contributed by atoms with Crippen LogP contribution in [0.4, 0.5) is 9.52 Å². The number of carbonyl (C=O) groups excluding carboxylic acids is 1. The van der Waals surface area contributed by atoms with E-state index in [9.17, 15) is 17.6 Å². The number of likely N-dealkylation sites (N-methyl/N-ethyl adjacent to an activating group) is 1. The minimum absolute atomic E-state index is 0.0924. The number of hydrogen-bond acceptors (Lipinski definition) is 6. The fourth-order valence-corrected chi connectivity index (χ4v) is 7.03. The topological polar surface area (TPSA) is 73.8 Å². The zero-order chi connectivity index (χ0) is 25.9. The number of amides is 1. The predicted molar refractivity (Wildman–Crippen MR) is 143 cm³/mol.